The molecule has 1 rings (SSSR count). The molecule has 4 nitrogen and oxygen atoms in total. The highest BCUT2D eigenvalue weighted by atomic mass is 35.5. The van der Waals surface area contributed by atoms with Gasteiger partial charge in [0.1, 0.15) is 0 Å². The van der Waals surface area contributed by atoms with Gasteiger partial charge in [-0.3, -0.25) is 9.63 Å². The van der Waals surface area contributed by atoms with Crippen LogP contribution in [-0.4, -0.2) is 18.8 Å². The summed E-state index contributed by atoms with van der Waals surface area (Å²) in [4.78, 5) is 12.7. The van der Waals surface area contributed by atoms with Crippen LogP contribution in [0.25, 0.3) is 0 Å². The van der Waals surface area contributed by atoms with Gasteiger partial charge in [0.25, 0.3) is 0 Å². The molecule has 0 radical (unpaired) electrons. The Morgan fingerprint density at radius 3 is 2.62 bits per heavy atom. The molecule has 0 spiro atoms. The molecule has 1 unspecified atom stereocenters. The molecule has 0 saturated carbocycles. The predicted molar refractivity (Wildman–Crippen MR) is 70.3 cm³/mol. The van der Waals surface area contributed by atoms with Gasteiger partial charge in [-0.1, -0.05) is 18.2 Å². The van der Waals surface area contributed by atoms with Crippen LogP contribution in [0.4, 0.5) is 13.2 Å². The van der Waals surface area contributed by atoms with E-state index in [4.69, 9.17) is 21.3 Å². The maximum Gasteiger partial charge on any atom is 0.416 e. The predicted octanol–water partition coefficient (Wildman–Crippen LogP) is 3.24. The van der Waals surface area contributed by atoms with Crippen molar-refractivity contribution in [3.63, 3.8) is 0 Å². The van der Waals surface area contributed by atoms with Crippen molar-refractivity contribution >= 4 is 17.7 Å². The first-order valence-corrected chi connectivity index (χ1v) is 6.50. The molecule has 0 aliphatic carbocycles. The first-order valence-electron chi connectivity index (χ1n) is 6.12. The Bertz CT molecular complexity index is 468. The van der Waals surface area contributed by atoms with Gasteiger partial charge in [-0.05, 0) is 18.6 Å². The number of hydrogen-bond donors (Lipinski definition) is 1. The molecule has 1 atom stereocenters. The van der Waals surface area contributed by atoms with Gasteiger partial charge in [-0.2, -0.15) is 13.2 Å². The molecule has 0 aromatic heterocycles. The molecule has 0 aliphatic rings. The molecular formula is C13H15ClF3NO3. The maximum absolute atomic E-state index is 12.8. The molecular weight excluding hydrogens is 311 g/mol. The molecule has 1 aromatic carbocycles. The molecule has 8 heteroatoms. The maximum atomic E-state index is 12.8. The van der Waals surface area contributed by atoms with Crippen molar-refractivity contribution in [3.05, 3.63) is 35.4 Å². The number of halogens is 4. The van der Waals surface area contributed by atoms with E-state index in [9.17, 15) is 18.0 Å². The Morgan fingerprint density at radius 1 is 1.33 bits per heavy atom. The minimum atomic E-state index is -4.43. The van der Waals surface area contributed by atoms with Crippen LogP contribution in [0.1, 0.15) is 24.5 Å². The van der Waals surface area contributed by atoms with Crippen LogP contribution < -0.4 is 4.84 Å². The molecule has 1 amide bonds. The number of carbonyl (C=O) groups is 1. The van der Waals surface area contributed by atoms with E-state index in [1.54, 1.807) is 0 Å². The second-order valence-corrected chi connectivity index (χ2v) is 4.36. The summed E-state index contributed by atoms with van der Waals surface area (Å²) < 4.78 is 48.6. The van der Waals surface area contributed by atoms with Crippen molar-refractivity contribution in [1.82, 2.24) is 4.84 Å². The first kappa shape index (κ1) is 17.7. The van der Waals surface area contributed by atoms with Gasteiger partial charge < -0.3 is 9.47 Å². The normalized spacial score (nSPS) is 13.0. The Balaban J connectivity index is 2.47. The summed E-state index contributed by atoms with van der Waals surface area (Å²) in [5, 5.41) is 0. The third-order valence-corrected chi connectivity index (χ3v) is 2.79. The lowest BCUT2D eigenvalue weighted by atomic mass is 10.1. The van der Waals surface area contributed by atoms with Gasteiger partial charge in [0.15, 0.2) is 6.29 Å². The fourth-order valence-electron chi connectivity index (χ4n) is 1.54. The highest BCUT2D eigenvalue weighted by molar-refractivity contribution is 6.21. The number of hydrogen-bond acceptors (Lipinski definition) is 3. The van der Waals surface area contributed by atoms with E-state index in [2.05, 4.69) is 0 Å². The van der Waals surface area contributed by atoms with E-state index >= 15 is 0 Å². The van der Waals surface area contributed by atoms with Gasteiger partial charge in [-0.15, -0.1) is 0 Å². The number of alkyl halides is 3. The minimum absolute atomic E-state index is 0.0268. The molecule has 0 heterocycles. The molecule has 118 valence electrons. The Kier molecular flexibility index (Phi) is 6.94. The largest absolute Gasteiger partial charge is 0.416 e. The van der Waals surface area contributed by atoms with Crippen LogP contribution in [0.3, 0.4) is 0 Å². The summed E-state index contributed by atoms with van der Waals surface area (Å²) >= 11 is 5.08. The number of benzene rings is 1. The van der Waals surface area contributed by atoms with Crippen LogP contribution >= 0.6 is 11.8 Å². The van der Waals surface area contributed by atoms with Crippen molar-refractivity contribution in [1.29, 1.82) is 0 Å². The van der Waals surface area contributed by atoms with Crippen molar-refractivity contribution in [2.24, 2.45) is 0 Å². The third-order valence-electron chi connectivity index (χ3n) is 2.58. The van der Waals surface area contributed by atoms with E-state index in [1.807, 2.05) is 4.84 Å². The zero-order valence-electron chi connectivity index (χ0n) is 11.2. The Labute approximate surface area is 125 Å². The topological polar surface area (TPSA) is 47.6 Å². The average molecular weight is 326 g/mol. The monoisotopic (exact) mass is 325 g/mol. The summed E-state index contributed by atoms with van der Waals surface area (Å²) in [6.07, 6.45) is -5.13. The smallest absolute Gasteiger partial charge is 0.352 e. The lowest BCUT2D eigenvalue weighted by Crippen LogP contribution is -2.19. The summed E-state index contributed by atoms with van der Waals surface area (Å²) in [5.74, 6) is -0.411. The minimum Gasteiger partial charge on any atom is -0.352 e. The van der Waals surface area contributed by atoms with Gasteiger partial charge in [-0.25, -0.2) is 0 Å². The summed E-state index contributed by atoms with van der Waals surface area (Å²) in [6, 6.07) is 5.16. The highest BCUT2D eigenvalue weighted by Gasteiger charge is 2.32. The molecule has 0 aliphatic heterocycles. The van der Waals surface area contributed by atoms with Gasteiger partial charge in [0.05, 0.1) is 25.2 Å². The molecule has 21 heavy (non-hydrogen) atoms. The summed E-state index contributed by atoms with van der Waals surface area (Å²) in [5.41, 5.74) is -0.710. The molecule has 0 saturated heterocycles. The fraction of sp³-hybridized carbons (Fsp3) is 0.462. The Morgan fingerprint density at radius 2 is 2.00 bits per heavy atom. The average Bonchev–Trinajstić information content (AvgIpc) is 2.44. The lowest BCUT2D eigenvalue weighted by Gasteiger charge is -2.16. The standard InChI is InChI=1S/C13H15ClF3NO3/c1-9(20-7-6-12(19)18-14)21-8-10-4-2-3-5-11(10)13(15,16)17/h2-5,9H,6-8H2,1H3,(H,18,19). The van der Waals surface area contributed by atoms with Crippen molar-refractivity contribution < 1.29 is 27.4 Å². The van der Waals surface area contributed by atoms with Crippen molar-refractivity contribution in [2.75, 3.05) is 6.61 Å². The third kappa shape index (κ3) is 6.33. The second-order valence-electron chi connectivity index (χ2n) is 4.17. The lowest BCUT2D eigenvalue weighted by molar-refractivity contribution is -0.150. The zero-order valence-corrected chi connectivity index (χ0v) is 12.0. The number of rotatable bonds is 7. The van der Waals surface area contributed by atoms with Crippen LogP contribution in [0.5, 0.6) is 0 Å². The number of nitrogens with one attached hydrogen (secondary N) is 1. The van der Waals surface area contributed by atoms with Crippen LogP contribution in [0.15, 0.2) is 24.3 Å². The number of amides is 1. The van der Waals surface area contributed by atoms with E-state index < -0.39 is 23.9 Å². The SMILES string of the molecule is CC(OCCC(=O)NCl)OCc1ccccc1C(F)(F)F. The van der Waals surface area contributed by atoms with Gasteiger partial charge >= 0.3 is 6.18 Å². The van der Waals surface area contributed by atoms with Crippen molar-refractivity contribution in [3.8, 4) is 0 Å². The number of carbonyl (C=O) groups excluding carboxylic acids is 1. The van der Waals surface area contributed by atoms with Crippen LogP contribution in [-0.2, 0) is 27.1 Å². The summed E-state index contributed by atoms with van der Waals surface area (Å²) in [7, 11) is 0. The summed E-state index contributed by atoms with van der Waals surface area (Å²) in [6.45, 7) is 1.36. The highest BCUT2D eigenvalue weighted by Crippen LogP contribution is 2.32. The quantitative estimate of drug-likeness (QED) is 0.618. The van der Waals surface area contributed by atoms with E-state index in [1.165, 1.54) is 25.1 Å². The van der Waals surface area contributed by atoms with Crippen molar-refractivity contribution in [2.45, 2.75) is 32.4 Å². The van der Waals surface area contributed by atoms with Gasteiger partial charge in [0, 0.05) is 11.8 Å². The van der Waals surface area contributed by atoms with E-state index in [0.29, 0.717) is 0 Å². The fourth-order valence-corrected chi connectivity index (χ4v) is 1.64. The first-order chi connectivity index (χ1) is 9.84. The molecule has 0 bridgehead atoms. The molecule has 0 fully saturated rings. The van der Waals surface area contributed by atoms with E-state index in [-0.39, 0.29) is 25.2 Å². The molecule has 1 aromatic rings. The zero-order chi connectivity index (χ0) is 15.9. The Hall–Kier alpha value is -1.31. The van der Waals surface area contributed by atoms with E-state index in [0.717, 1.165) is 6.07 Å². The molecule has 1 N–H and O–H groups in total. The number of ether oxygens (including phenoxy) is 2. The van der Waals surface area contributed by atoms with Gasteiger partial charge in [0.2, 0.25) is 5.91 Å². The van der Waals surface area contributed by atoms with Crippen LogP contribution in [0.2, 0.25) is 0 Å². The second kappa shape index (κ2) is 8.21. The van der Waals surface area contributed by atoms with Crippen LogP contribution in [0, 0.1) is 0 Å².